The number of nitrogens with zero attached hydrogens (tertiary/aromatic N) is 1. The molecule has 0 aliphatic carbocycles. The number of Topliss-reactive ketones (excluding diaryl/α,β-unsaturated/α-hetero) is 1. The maximum atomic E-state index is 13.0. The minimum Gasteiger partial charge on any atom is -0.354 e. The van der Waals surface area contributed by atoms with Crippen molar-refractivity contribution in [2.24, 2.45) is 0 Å². The van der Waals surface area contributed by atoms with Gasteiger partial charge in [0.1, 0.15) is 5.82 Å². The fourth-order valence-electron chi connectivity index (χ4n) is 3.76. The van der Waals surface area contributed by atoms with Crippen LogP contribution >= 0.6 is 0 Å². The topological polar surface area (TPSA) is 49.4 Å². The van der Waals surface area contributed by atoms with Crippen LogP contribution in [-0.4, -0.2) is 36.2 Å². The molecule has 2 aromatic rings. The summed E-state index contributed by atoms with van der Waals surface area (Å²) in [6.07, 6.45) is 2.62. The van der Waals surface area contributed by atoms with Crippen LogP contribution in [0, 0.1) is 12.7 Å². The van der Waals surface area contributed by atoms with Crippen molar-refractivity contribution in [1.29, 1.82) is 0 Å². The molecule has 148 valence electrons. The number of hydrogen-bond donors (Lipinski definition) is 1. The van der Waals surface area contributed by atoms with Gasteiger partial charge in [0.05, 0.1) is 6.04 Å². The van der Waals surface area contributed by atoms with Gasteiger partial charge in [-0.25, -0.2) is 4.39 Å². The van der Waals surface area contributed by atoms with Crippen LogP contribution in [0.4, 0.5) is 4.39 Å². The van der Waals surface area contributed by atoms with E-state index in [1.165, 1.54) is 48.2 Å². The van der Waals surface area contributed by atoms with Crippen molar-refractivity contribution in [1.82, 2.24) is 10.2 Å². The molecule has 2 aromatic carbocycles. The Hall–Kier alpha value is -2.53. The lowest BCUT2D eigenvalue weighted by Gasteiger charge is -2.29. The quantitative estimate of drug-likeness (QED) is 0.701. The fourth-order valence-corrected chi connectivity index (χ4v) is 3.76. The molecule has 1 saturated heterocycles. The van der Waals surface area contributed by atoms with E-state index >= 15 is 0 Å². The van der Waals surface area contributed by atoms with E-state index in [-0.39, 0.29) is 36.4 Å². The van der Waals surface area contributed by atoms with Crippen molar-refractivity contribution in [2.75, 3.05) is 19.6 Å². The van der Waals surface area contributed by atoms with E-state index in [0.717, 1.165) is 13.1 Å². The van der Waals surface area contributed by atoms with Gasteiger partial charge in [0.15, 0.2) is 5.78 Å². The first kappa shape index (κ1) is 20.2. The highest BCUT2D eigenvalue weighted by atomic mass is 19.1. The van der Waals surface area contributed by atoms with E-state index in [0.29, 0.717) is 12.1 Å². The van der Waals surface area contributed by atoms with Gasteiger partial charge >= 0.3 is 0 Å². The Morgan fingerprint density at radius 1 is 1.04 bits per heavy atom. The highest BCUT2D eigenvalue weighted by Crippen LogP contribution is 2.26. The van der Waals surface area contributed by atoms with E-state index < -0.39 is 0 Å². The lowest BCUT2D eigenvalue weighted by Crippen LogP contribution is -2.37. The molecule has 0 radical (unpaired) electrons. The number of halogens is 1. The normalized spacial score (nSPS) is 15.4. The maximum Gasteiger partial charge on any atom is 0.220 e. The summed E-state index contributed by atoms with van der Waals surface area (Å²) in [7, 11) is 0. The molecule has 0 aromatic heterocycles. The number of carbonyl (C=O) groups excluding carboxylic acids is 2. The molecule has 1 aliphatic heterocycles. The molecule has 1 heterocycles. The van der Waals surface area contributed by atoms with Gasteiger partial charge in [-0.3, -0.25) is 14.5 Å². The van der Waals surface area contributed by atoms with Gasteiger partial charge in [0, 0.05) is 24.9 Å². The molecular formula is C23H27FN2O2. The summed E-state index contributed by atoms with van der Waals surface area (Å²) in [4.78, 5) is 26.9. The van der Waals surface area contributed by atoms with Crippen molar-refractivity contribution in [3.05, 3.63) is 71.0 Å². The highest BCUT2D eigenvalue weighted by Gasteiger charge is 2.25. The number of rotatable bonds is 8. The second-order valence-corrected chi connectivity index (χ2v) is 7.35. The van der Waals surface area contributed by atoms with Crippen LogP contribution in [0.5, 0.6) is 0 Å². The number of amides is 1. The molecule has 1 amide bonds. The minimum absolute atomic E-state index is 0.121. The first-order valence-corrected chi connectivity index (χ1v) is 9.89. The predicted octanol–water partition coefficient (Wildman–Crippen LogP) is 4.05. The molecule has 3 rings (SSSR count). The third-order valence-electron chi connectivity index (χ3n) is 5.37. The Kier molecular flexibility index (Phi) is 6.93. The van der Waals surface area contributed by atoms with E-state index in [4.69, 9.17) is 0 Å². The zero-order valence-electron chi connectivity index (χ0n) is 16.3. The Bertz CT molecular complexity index is 814. The van der Waals surface area contributed by atoms with Crippen molar-refractivity contribution in [3.63, 3.8) is 0 Å². The van der Waals surface area contributed by atoms with Crippen LogP contribution in [0.15, 0.2) is 48.5 Å². The second kappa shape index (κ2) is 9.60. The number of hydrogen-bond acceptors (Lipinski definition) is 3. The number of benzene rings is 2. The number of nitrogens with one attached hydrogen (secondary N) is 1. The maximum absolute atomic E-state index is 13.0. The Morgan fingerprint density at radius 2 is 1.71 bits per heavy atom. The summed E-state index contributed by atoms with van der Waals surface area (Å²) in [5, 5.41) is 3.01. The summed E-state index contributed by atoms with van der Waals surface area (Å²) >= 11 is 0. The smallest absolute Gasteiger partial charge is 0.220 e. The van der Waals surface area contributed by atoms with E-state index in [1.807, 2.05) is 12.1 Å². The zero-order chi connectivity index (χ0) is 19.9. The molecule has 4 nitrogen and oxygen atoms in total. The average molecular weight is 382 g/mol. The van der Waals surface area contributed by atoms with Gasteiger partial charge in [0.25, 0.3) is 0 Å². The van der Waals surface area contributed by atoms with Crippen LogP contribution in [0.3, 0.4) is 0 Å². The van der Waals surface area contributed by atoms with Gasteiger partial charge in [-0.2, -0.15) is 0 Å². The summed E-state index contributed by atoms with van der Waals surface area (Å²) in [6.45, 7) is 4.71. The van der Waals surface area contributed by atoms with Crippen LogP contribution in [0.1, 0.15) is 53.2 Å². The van der Waals surface area contributed by atoms with Crippen molar-refractivity contribution in [3.8, 4) is 0 Å². The lowest BCUT2D eigenvalue weighted by molar-refractivity contribution is -0.121. The number of aryl methyl sites for hydroxylation is 1. The zero-order valence-corrected chi connectivity index (χ0v) is 16.3. The third kappa shape index (κ3) is 5.26. The van der Waals surface area contributed by atoms with E-state index in [1.54, 1.807) is 0 Å². The number of likely N-dealkylation sites (tertiary alicyclic amines) is 1. The van der Waals surface area contributed by atoms with Gasteiger partial charge in [-0.15, -0.1) is 0 Å². The molecule has 0 bridgehead atoms. The molecule has 5 heteroatoms. The van der Waals surface area contributed by atoms with Crippen LogP contribution in [-0.2, 0) is 4.79 Å². The number of ketones is 1. The molecular weight excluding hydrogens is 355 g/mol. The second-order valence-electron chi connectivity index (χ2n) is 7.35. The minimum atomic E-state index is -0.376. The van der Waals surface area contributed by atoms with E-state index in [2.05, 4.69) is 29.3 Å². The number of carbonyl (C=O) groups is 2. The predicted molar refractivity (Wildman–Crippen MR) is 108 cm³/mol. The summed E-state index contributed by atoms with van der Waals surface area (Å²) < 4.78 is 13.0. The summed E-state index contributed by atoms with van der Waals surface area (Å²) in [5.41, 5.74) is 2.90. The van der Waals surface area contributed by atoms with Crippen LogP contribution in [0.2, 0.25) is 0 Å². The lowest BCUT2D eigenvalue weighted by atomic mass is 10.00. The average Bonchev–Trinajstić information content (AvgIpc) is 3.22. The highest BCUT2D eigenvalue weighted by molar-refractivity contribution is 5.97. The molecule has 1 unspecified atom stereocenters. The Labute approximate surface area is 165 Å². The molecule has 1 aliphatic rings. The molecule has 28 heavy (non-hydrogen) atoms. The van der Waals surface area contributed by atoms with Gasteiger partial charge < -0.3 is 5.32 Å². The molecule has 1 atom stereocenters. The van der Waals surface area contributed by atoms with Crippen LogP contribution in [0.25, 0.3) is 0 Å². The largest absolute Gasteiger partial charge is 0.354 e. The van der Waals surface area contributed by atoms with Crippen LogP contribution < -0.4 is 5.32 Å². The molecule has 0 spiro atoms. The Balaban J connectivity index is 1.55. The third-order valence-corrected chi connectivity index (χ3v) is 5.37. The monoisotopic (exact) mass is 382 g/mol. The van der Waals surface area contributed by atoms with Crippen molar-refractivity contribution in [2.45, 2.75) is 38.6 Å². The first-order valence-electron chi connectivity index (χ1n) is 9.89. The first-order chi connectivity index (χ1) is 13.5. The summed E-state index contributed by atoms with van der Waals surface area (Å²) in [6, 6.07) is 13.9. The molecule has 1 fully saturated rings. The molecule has 1 N–H and O–H groups in total. The van der Waals surface area contributed by atoms with Crippen molar-refractivity contribution < 1.29 is 14.0 Å². The van der Waals surface area contributed by atoms with Gasteiger partial charge in [-0.05, 0) is 68.2 Å². The van der Waals surface area contributed by atoms with Crippen molar-refractivity contribution >= 4 is 11.7 Å². The SMILES string of the molecule is Cc1ccccc1C(CNC(=O)CCC(=O)c1ccc(F)cc1)N1CCCC1. The van der Waals surface area contributed by atoms with E-state index in [9.17, 15) is 14.0 Å². The summed E-state index contributed by atoms with van der Waals surface area (Å²) in [5.74, 6) is -0.656. The Morgan fingerprint density at radius 3 is 2.39 bits per heavy atom. The van der Waals surface area contributed by atoms with Gasteiger partial charge in [0.2, 0.25) is 5.91 Å². The molecule has 0 saturated carbocycles. The fraction of sp³-hybridized carbons (Fsp3) is 0.391. The van der Waals surface area contributed by atoms with Gasteiger partial charge in [-0.1, -0.05) is 24.3 Å². The standard InChI is InChI=1S/C23H27FN2O2/c1-17-6-2-3-7-20(17)21(26-14-4-5-15-26)16-25-23(28)13-12-22(27)18-8-10-19(24)11-9-18/h2-3,6-11,21H,4-5,12-16H2,1H3,(H,25,28).